The summed E-state index contributed by atoms with van der Waals surface area (Å²) in [5.74, 6) is 0. The summed E-state index contributed by atoms with van der Waals surface area (Å²) in [6.45, 7) is 4.25. The van der Waals surface area contributed by atoms with Crippen LogP contribution >= 0.6 is 0 Å². The van der Waals surface area contributed by atoms with E-state index in [1.165, 1.54) is 39.8 Å². The van der Waals surface area contributed by atoms with E-state index in [2.05, 4.69) is 66.5 Å². The zero-order chi connectivity index (χ0) is 15.1. The maximum atomic E-state index is 4.63. The largest absolute Gasteiger partial charge is 0.181 e. The molecule has 1 unspecified atom stereocenters. The maximum absolute atomic E-state index is 4.63. The van der Waals surface area contributed by atoms with E-state index in [0.29, 0.717) is 0 Å². The second kappa shape index (κ2) is 5.20. The van der Waals surface area contributed by atoms with Gasteiger partial charge >= 0.3 is 0 Å². The third-order valence-electron chi connectivity index (χ3n) is 4.71. The first-order chi connectivity index (χ1) is 10.7. The third kappa shape index (κ3) is 2.19. The highest BCUT2D eigenvalue weighted by atomic mass is 15.1. The molecular formula is C20H20N2. The van der Waals surface area contributed by atoms with Crippen LogP contribution in [0, 0.1) is 13.8 Å². The van der Waals surface area contributed by atoms with Gasteiger partial charge in [-0.1, -0.05) is 42.0 Å². The van der Waals surface area contributed by atoms with E-state index in [1.54, 1.807) is 0 Å². The number of rotatable bonds is 1. The first-order valence-electron chi connectivity index (χ1n) is 8.04. The molecule has 2 aliphatic rings. The first-order valence-corrected chi connectivity index (χ1v) is 8.04. The summed E-state index contributed by atoms with van der Waals surface area (Å²) in [6, 6.07) is 15.7. The first kappa shape index (κ1) is 13.4. The SMILES string of the molecule is Cc1ccc(C2=C3CCCC3N=Nc3cc(C)ccc32)cc1. The minimum atomic E-state index is 0.268. The average Bonchev–Trinajstić information content (AvgIpc) is 2.92. The van der Waals surface area contributed by atoms with Gasteiger partial charge in [0, 0.05) is 5.56 Å². The molecule has 2 aromatic carbocycles. The second-order valence-corrected chi connectivity index (χ2v) is 6.41. The van der Waals surface area contributed by atoms with Crippen molar-refractivity contribution in [2.75, 3.05) is 0 Å². The molecule has 2 nitrogen and oxygen atoms in total. The lowest BCUT2D eigenvalue weighted by Gasteiger charge is -2.15. The van der Waals surface area contributed by atoms with Crippen LogP contribution in [0.15, 0.2) is 58.3 Å². The second-order valence-electron chi connectivity index (χ2n) is 6.41. The number of hydrogen-bond acceptors (Lipinski definition) is 2. The molecule has 2 heteroatoms. The normalized spacial score (nSPS) is 19.8. The molecule has 1 heterocycles. The van der Waals surface area contributed by atoms with E-state index in [4.69, 9.17) is 0 Å². The van der Waals surface area contributed by atoms with Gasteiger partial charge in [-0.25, -0.2) is 0 Å². The van der Waals surface area contributed by atoms with Crippen LogP contribution in [0.25, 0.3) is 5.57 Å². The Balaban J connectivity index is 1.98. The van der Waals surface area contributed by atoms with E-state index in [-0.39, 0.29) is 6.04 Å². The van der Waals surface area contributed by atoms with Crippen molar-refractivity contribution in [3.63, 3.8) is 0 Å². The van der Waals surface area contributed by atoms with Gasteiger partial charge in [-0.15, -0.1) is 0 Å². The summed E-state index contributed by atoms with van der Waals surface area (Å²) in [5, 5.41) is 9.19. The fourth-order valence-corrected chi connectivity index (χ4v) is 3.55. The van der Waals surface area contributed by atoms with Crippen molar-refractivity contribution in [1.82, 2.24) is 0 Å². The van der Waals surface area contributed by atoms with Crippen LogP contribution in [0.3, 0.4) is 0 Å². The van der Waals surface area contributed by atoms with Gasteiger partial charge in [-0.05, 0) is 61.4 Å². The van der Waals surface area contributed by atoms with Gasteiger partial charge in [0.05, 0.1) is 11.7 Å². The number of aryl methyl sites for hydroxylation is 2. The van der Waals surface area contributed by atoms with Crippen molar-refractivity contribution in [2.45, 2.75) is 39.2 Å². The van der Waals surface area contributed by atoms with Crippen molar-refractivity contribution < 1.29 is 0 Å². The molecule has 0 radical (unpaired) electrons. The van der Waals surface area contributed by atoms with Gasteiger partial charge in [0.25, 0.3) is 0 Å². The molecule has 4 rings (SSSR count). The molecule has 2 aromatic rings. The van der Waals surface area contributed by atoms with Crippen molar-refractivity contribution in [2.24, 2.45) is 10.2 Å². The summed E-state index contributed by atoms with van der Waals surface area (Å²) in [5.41, 5.74) is 8.90. The van der Waals surface area contributed by atoms with Crippen molar-refractivity contribution in [1.29, 1.82) is 0 Å². The lowest BCUT2D eigenvalue weighted by Crippen LogP contribution is -2.02. The summed E-state index contributed by atoms with van der Waals surface area (Å²) in [6.07, 6.45) is 3.48. The van der Waals surface area contributed by atoms with Crippen LogP contribution in [-0.2, 0) is 0 Å². The fourth-order valence-electron chi connectivity index (χ4n) is 3.55. The van der Waals surface area contributed by atoms with Crippen molar-refractivity contribution in [3.8, 4) is 0 Å². The molecule has 0 bridgehead atoms. The number of fused-ring (bicyclic) bond motifs is 2. The molecule has 0 N–H and O–H groups in total. The number of azo groups is 1. The molecule has 0 amide bonds. The molecule has 1 aliphatic carbocycles. The molecular weight excluding hydrogens is 268 g/mol. The van der Waals surface area contributed by atoms with Gasteiger partial charge in [0.15, 0.2) is 0 Å². The zero-order valence-electron chi connectivity index (χ0n) is 13.1. The summed E-state index contributed by atoms with van der Waals surface area (Å²) in [4.78, 5) is 0. The topological polar surface area (TPSA) is 24.7 Å². The molecule has 110 valence electrons. The van der Waals surface area contributed by atoms with Crippen molar-refractivity contribution in [3.05, 3.63) is 70.3 Å². The summed E-state index contributed by atoms with van der Waals surface area (Å²) < 4.78 is 0. The number of hydrogen-bond donors (Lipinski definition) is 0. The Kier molecular flexibility index (Phi) is 3.18. The van der Waals surface area contributed by atoms with E-state index >= 15 is 0 Å². The lowest BCUT2D eigenvalue weighted by molar-refractivity contribution is 0.740. The molecule has 1 saturated carbocycles. The number of nitrogens with zero attached hydrogens (tertiary/aromatic N) is 2. The van der Waals surface area contributed by atoms with Gasteiger partial charge in [0.1, 0.15) is 0 Å². The van der Waals surface area contributed by atoms with E-state index in [0.717, 1.165) is 18.5 Å². The van der Waals surface area contributed by atoms with Crippen LogP contribution in [0.2, 0.25) is 0 Å². The molecule has 1 aliphatic heterocycles. The van der Waals surface area contributed by atoms with Gasteiger partial charge in [-0.3, -0.25) is 0 Å². The Morgan fingerprint density at radius 2 is 1.73 bits per heavy atom. The van der Waals surface area contributed by atoms with E-state index in [9.17, 15) is 0 Å². The predicted octanol–water partition coefficient (Wildman–Crippen LogP) is 5.76. The Bertz CT molecular complexity index is 782. The summed E-state index contributed by atoms with van der Waals surface area (Å²) in [7, 11) is 0. The Morgan fingerprint density at radius 1 is 0.955 bits per heavy atom. The smallest absolute Gasteiger partial charge is 0.0933 e. The highest BCUT2D eigenvalue weighted by Crippen LogP contribution is 2.43. The van der Waals surface area contributed by atoms with Crippen molar-refractivity contribution >= 4 is 11.3 Å². The highest BCUT2D eigenvalue weighted by Gasteiger charge is 2.28. The van der Waals surface area contributed by atoms with E-state index < -0.39 is 0 Å². The zero-order valence-corrected chi connectivity index (χ0v) is 13.1. The highest BCUT2D eigenvalue weighted by molar-refractivity contribution is 5.88. The van der Waals surface area contributed by atoms with Crippen LogP contribution < -0.4 is 0 Å². The monoisotopic (exact) mass is 288 g/mol. The minimum Gasteiger partial charge on any atom is -0.181 e. The van der Waals surface area contributed by atoms with Crippen LogP contribution in [0.4, 0.5) is 5.69 Å². The molecule has 0 saturated heterocycles. The van der Waals surface area contributed by atoms with Crippen LogP contribution in [0.5, 0.6) is 0 Å². The Hall–Kier alpha value is -2.22. The molecule has 22 heavy (non-hydrogen) atoms. The Labute approximate surface area is 131 Å². The minimum absolute atomic E-state index is 0.268. The third-order valence-corrected chi connectivity index (χ3v) is 4.71. The van der Waals surface area contributed by atoms with Gasteiger partial charge in [-0.2, -0.15) is 10.2 Å². The maximum Gasteiger partial charge on any atom is 0.0933 e. The van der Waals surface area contributed by atoms with Gasteiger partial charge < -0.3 is 0 Å². The Morgan fingerprint density at radius 3 is 2.55 bits per heavy atom. The number of benzene rings is 2. The van der Waals surface area contributed by atoms with E-state index in [1.807, 2.05) is 0 Å². The molecule has 1 atom stereocenters. The predicted molar refractivity (Wildman–Crippen MR) is 90.5 cm³/mol. The molecule has 0 aromatic heterocycles. The molecule has 0 spiro atoms. The van der Waals surface area contributed by atoms with Gasteiger partial charge in [0.2, 0.25) is 0 Å². The average molecular weight is 288 g/mol. The summed E-state index contributed by atoms with van der Waals surface area (Å²) >= 11 is 0. The van der Waals surface area contributed by atoms with Crippen LogP contribution in [-0.4, -0.2) is 6.04 Å². The lowest BCUT2D eigenvalue weighted by atomic mass is 9.89. The quantitative estimate of drug-likeness (QED) is 0.638. The molecule has 1 fully saturated rings. The van der Waals surface area contributed by atoms with Crippen LogP contribution in [0.1, 0.15) is 41.5 Å². The standard InChI is InChI=1S/C20H20N2/c1-13-6-9-15(10-7-13)20-16-4-3-5-18(16)21-22-19-12-14(2)8-11-17(19)20/h6-12,18H,3-5H2,1-2H3. The fraction of sp³-hybridized carbons (Fsp3) is 0.300.